The van der Waals surface area contributed by atoms with E-state index in [0.29, 0.717) is 30.0 Å². The Bertz CT molecular complexity index is 216. The molecule has 0 heterocycles. The molecule has 10 heavy (non-hydrogen) atoms. The van der Waals surface area contributed by atoms with E-state index in [4.69, 9.17) is 5.26 Å². The number of hydrogen-bond acceptors (Lipinski definition) is 2. The average molecular weight is 135 g/mol. The maximum atomic E-state index is 11.0. The van der Waals surface area contributed by atoms with Gasteiger partial charge in [0.1, 0.15) is 5.78 Å². The molecule has 52 valence electrons. The first kappa shape index (κ1) is 5.91. The lowest BCUT2D eigenvalue weighted by Gasteiger charge is -1.93. The lowest BCUT2D eigenvalue weighted by molar-refractivity contribution is -0.119. The number of Topliss-reactive ketones (excluding diaryl/α,β-unsaturated/α-hetero) is 1. The van der Waals surface area contributed by atoms with Crippen molar-refractivity contribution in [2.45, 2.75) is 19.3 Å². The van der Waals surface area contributed by atoms with E-state index in [1.54, 1.807) is 0 Å². The Balaban J connectivity index is 2.00. The molecule has 0 aromatic heterocycles. The molecule has 2 aliphatic rings. The van der Waals surface area contributed by atoms with Gasteiger partial charge in [0.05, 0.1) is 6.07 Å². The number of nitriles is 1. The minimum absolute atomic E-state index is 0.305. The first-order valence-corrected chi connectivity index (χ1v) is 3.74. The summed E-state index contributed by atoms with van der Waals surface area (Å²) in [5.41, 5.74) is 0. The largest absolute Gasteiger partial charge is 0.299 e. The van der Waals surface area contributed by atoms with Crippen LogP contribution in [-0.4, -0.2) is 5.78 Å². The summed E-state index contributed by atoms with van der Waals surface area (Å²) in [5, 5.41) is 8.36. The van der Waals surface area contributed by atoms with Crippen molar-refractivity contribution in [3.8, 4) is 6.07 Å². The van der Waals surface area contributed by atoms with E-state index in [0.717, 1.165) is 12.8 Å². The summed E-state index contributed by atoms with van der Waals surface area (Å²) in [7, 11) is 0. The molecule has 2 aliphatic carbocycles. The van der Waals surface area contributed by atoms with Gasteiger partial charge in [0.15, 0.2) is 0 Å². The first-order valence-electron chi connectivity index (χ1n) is 3.74. The molecule has 0 N–H and O–H groups in total. The van der Waals surface area contributed by atoms with Crippen molar-refractivity contribution in [3.63, 3.8) is 0 Å². The summed E-state index contributed by atoms with van der Waals surface area (Å²) in [5.74, 6) is 1.77. The highest BCUT2D eigenvalue weighted by Crippen LogP contribution is 2.56. The van der Waals surface area contributed by atoms with Crippen LogP contribution in [0, 0.1) is 29.1 Å². The summed E-state index contributed by atoms with van der Waals surface area (Å²) in [4.78, 5) is 11.0. The fourth-order valence-electron chi connectivity index (χ4n) is 2.18. The number of fused-ring (bicyclic) bond motifs is 1. The van der Waals surface area contributed by atoms with E-state index < -0.39 is 0 Å². The molecule has 2 nitrogen and oxygen atoms in total. The first-order chi connectivity index (χ1) is 4.84. The summed E-state index contributed by atoms with van der Waals surface area (Å²) in [6.45, 7) is 0. The fraction of sp³-hybridized carbons (Fsp3) is 0.750. The molecule has 2 rings (SSSR count). The van der Waals surface area contributed by atoms with Crippen LogP contribution in [0.25, 0.3) is 0 Å². The Morgan fingerprint density at radius 1 is 1.70 bits per heavy atom. The highest BCUT2D eigenvalue weighted by Gasteiger charge is 2.57. The number of hydrogen-bond donors (Lipinski definition) is 0. The van der Waals surface area contributed by atoms with Crippen molar-refractivity contribution in [2.24, 2.45) is 17.8 Å². The lowest BCUT2D eigenvalue weighted by Crippen LogP contribution is -1.98. The van der Waals surface area contributed by atoms with E-state index in [1.807, 2.05) is 0 Å². The van der Waals surface area contributed by atoms with Crippen LogP contribution in [0.5, 0.6) is 0 Å². The highest BCUT2D eigenvalue weighted by atomic mass is 16.1. The Kier molecular flexibility index (Phi) is 1.08. The molecule has 0 radical (unpaired) electrons. The lowest BCUT2D eigenvalue weighted by atomic mass is 10.1. The second kappa shape index (κ2) is 1.82. The van der Waals surface area contributed by atoms with E-state index in [1.165, 1.54) is 0 Å². The van der Waals surface area contributed by atoms with Gasteiger partial charge in [0, 0.05) is 18.8 Å². The number of ketones is 1. The summed E-state index contributed by atoms with van der Waals surface area (Å²) in [6, 6.07) is 2.13. The van der Waals surface area contributed by atoms with Crippen LogP contribution in [0.4, 0.5) is 0 Å². The molecule has 3 atom stereocenters. The van der Waals surface area contributed by atoms with Gasteiger partial charge in [-0.15, -0.1) is 0 Å². The third kappa shape index (κ3) is 0.607. The van der Waals surface area contributed by atoms with Crippen molar-refractivity contribution in [2.75, 3.05) is 0 Å². The van der Waals surface area contributed by atoms with E-state index in [2.05, 4.69) is 6.07 Å². The average Bonchev–Trinajstić information content (AvgIpc) is 2.45. The Morgan fingerprint density at radius 3 is 3.00 bits per heavy atom. The van der Waals surface area contributed by atoms with Gasteiger partial charge in [-0.25, -0.2) is 0 Å². The number of carbonyl (C=O) groups excluding carboxylic acids is 1. The van der Waals surface area contributed by atoms with Crippen molar-refractivity contribution in [1.82, 2.24) is 0 Å². The van der Waals surface area contributed by atoms with Gasteiger partial charge >= 0.3 is 0 Å². The van der Waals surface area contributed by atoms with Crippen LogP contribution in [-0.2, 0) is 4.79 Å². The minimum Gasteiger partial charge on any atom is -0.299 e. The third-order valence-corrected chi connectivity index (χ3v) is 2.75. The maximum absolute atomic E-state index is 11.0. The van der Waals surface area contributed by atoms with Crippen LogP contribution in [0.3, 0.4) is 0 Å². The monoisotopic (exact) mass is 135 g/mol. The van der Waals surface area contributed by atoms with Crippen LogP contribution in [0.15, 0.2) is 0 Å². The van der Waals surface area contributed by atoms with Gasteiger partial charge < -0.3 is 0 Å². The van der Waals surface area contributed by atoms with Gasteiger partial charge in [0.2, 0.25) is 0 Å². The van der Waals surface area contributed by atoms with Crippen molar-refractivity contribution in [3.05, 3.63) is 0 Å². The number of carbonyl (C=O) groups is 1. The van der Waals surface area contributed by atoms with Crippen LogP contribution in [0.2, 0.25) is 0 Å². The van der Waals surface area contributed by atoms with Gasteiger partial charge in [0.25, 0.3) is 0 Å². The van der Waals surface area contributed by atoms with Crippen molar-refractivity contribution < 1.29 is 4.79 Å². The number of rotatable bonds is 1. The summed E-state index contributed by atoms with van der Waals surface area (Å²) in [6.07, 6.45) is 2.42. The molecule has 2 saturated carbocycles. The molecule has 0 saturated heterocycles. The fourth-order valence-corrected chi connectivity index (χ4v) is 2.18. The topological polar surface area (TPSA) is 40.9 Å². The Labute approximate surface area is 59.8 Å². The van der Waals surface area contributed by atoms with Gasteiger partial charge in [-0.1, -0.05) is 0 Å². The van der Waals surface area contributed by atoms with Gasteiger partial charge in [-0.2, -0.15) is 5.26 Å². The van der Waals surface area contributed by atoms with E-state index in [9.17, 15) is 4.79 Å². The zero-order valence-electron chi connectivity index (χ0n) is 5.71. The van der Waals surface area contributed by atoms with Gasteiger partial charge in [-0.05, 0) is 18.3 Å². The van der Waals surface area contributed by atoms with Crippen LogP contribution in [0.1, 0.15) is 19.3 Å². The molecule has 0 amide bonds. The predicted octanol–water partition coefficient (Wildman–Crippen LogP) is 1.13. The highest BCUT2D eigenvalue weighted by molar-refractivity contribution is 5.87. The van der Waals surface area contributed by atoms with Crippen LogP contribution < -0.4 is 0 Å². The molecule has 0 bridgehead atoms. The second-order valence-corrected chi connectivity index (χ2v) is 3.22. The standard InChI is InChI=1S/C8H9NO/c9-4-3-6-5-1-2-7(10)8(5)6/h5-6,8H,1-3H2. The normalized spacial score (nSPS) is 42.7. The number of nitrogens with zero attached hydrogens (tertiary/aromatic N) is 1. The molecule has 2 fully saturated rings. The third-order valence-electron chi connectivity index (χ3n) is 2.75. The zero-order valence-corrected chi connectivity index (χ0v) is 5.71. The predicted molar refractivity (Wildman–Crippen MR) is 34.9 cm³/mol. The Morgan fingerprint density at radius 2 is 2.50 bits per heavy atom. The molecule has 3 unspecified atom stereocenters. The van der Waals surface area contributed by atoms with Crippen molar-refractivity contribution in [1.29, 1.82) is 5.26 Å². The van der Waals surface area contributed by atoms with Crippen molar-refractivity contribution >= 4 is 5.78 Å². The zero-order chi connectivity index (χ0) is 7.14. The summed E-state index contributed by atoms with van der Waals surface area (Å²) >= 11 is 0. The molecule has 0 aromatic carbocycles. The molecule has 0 aromatic rings. The summed E-state index contributed by atoms with van der Waals surface area (Å²) < 4.78 is 0. The molecular formula is C8H9NO. The Hall–Kier alpha value is -0.840. The van der Waals surface area contributed by atoms with Crippen LogP contribution >= 0.6 is 0 Å². The smallest absolute Gasteiger partial charge is 0.136 e. The molecule has 0 aliphatic heterocycles. The minimum atomic E-state index is 0.305. The molecular weight excluding hydrogens is 126 g/mol. The molecule has 2 heteroatoms. The van der Waals surface area contributed by atoms with Gasteiger partial charge in [-0.3, -0.25) is 4.79 Å². The van der Waals surface area contributed by atoms with E-state index in [-0.39, 0.29) is 0 Å². The maximum Gasteiger partial charge on any atom is 0.136 e. The quantitative estimate of drug-likeness (QED) is 0.540. The van der Waals surface area contributed by atoms with E-state index >= 15 is 0 Å². The molecule has 0 spiro atoms. The second-order valence-electron chi connectivity index (χ2n) is 3.22. The SMILES string of the molecule is N#CCC1C2CCC(=O)C12.